The smallest absolute Gasteiger partial charge is 0.257 e. The number of carbonyl (C=O) groups is 1. The van der Waals surface area contributed by atoms with E-state index in [1.807, 2.05) is 44.3 Å². The number of hydrogen-bond donors (Lipinski definition) is 1. The summed E-state index contributed by atoms with van der Waals surface area (Å²) in [6.45, 7) is 2.01. The van der Waals surface area contributed by atoms with Gasteiger partial charge in [-0.25, -0.2) is 5.01 Å². The van der Waals surface area contributed by atoms with E-state index in [1.54, 1.807) is 46.3 Å². The first-order valence-corrected chi connectivity index (χ1v) is 11.6. The second kappa shape index (κ2) is 8.90. The Morgan fingerprint density at radius 2 is 1.95 bits per heavy atom. The summed E-state index contributed by atoms with van der Waals surface area (Å²) < 4.78 is 13.1. The van der Waals surface area contributed by atoms with Crippen molar-refractivity contribution in [2.24, 2.45) is 17.3 Å². The largest absolute Gasteiger partial charge is 0.470 e. The van der Waals surface area contributed by atoms with Gasteiger partial charge in [-0.1, -0.05) is 23.4 Å². The number of amidine groups is 1. The molecule has 2 aliphatic rings. The number of amides is 1. The Morgan fingerprint density at radius 3 is 2.65 bits per heavy atom. The number of rotatable bonds is 5. The average molecular weight is 498 g/mol. The average Bonchev–Trinajstić information content (AvgIpc) is 3.60. The van der Waals surface area contributed by atoms with E-state index in [-0.39, 0.29) is 18.7 Å². The fourth-order valence-corrected chi connectivity index (χ4v) is 4.23. The van der Waals surface area contributed by atoms with Crippen LogP contribution in [0.4, 0.5) is 5.69 Å². The zero-order valence-electron chi connectivity index (χ0n) is 20.4. The second-order valence-corrected chi connectivity index (χ2v) is 8.71. The molecule has 12 nitrogen and oxygen atoms in total. The summed E-state index contributed by atoms with van der Waals surface area (Å²) in [5.74, 6) is 1.59. The first kappa shape index (κ1) is 22.5. The molecular weight excluding hydrogens is 474 g/mol. The molecule has 37 heavy (non-hydrogen) atoms. The van der Waals surface area contributed by atoms with Gasteiger partial charge in [0, 0.05) is 43.7 Å². The highest BCUT2D eigenvalue weighted by atomic mass is 16.5. The third kappa shape index (κ3) is 4.18. The lowest BCUT2D eigenvalue weighted by molar-refractivity contribution is 0.102. The first-order valence-electron chi connectivity index (χ1n) is 11.6. The van der Waals surface area contributed by atoms with Gasteiger partial charge in [-0.05, 0) is 25.1 Å². The Hall–Kier alpha value is -5.00. The van der Waals surface area contributed by atoms with E-state index >= 15 is 0 Å². The molecule has 0 spiro atoms. The molecule has 1 amide bonds. The van der Waals surface area contributed by atoms with Crippen LogP contribution in [-0.4, -0.2) is 54.6 Å². The summed E-state index contributed by atoms with van der Waals surface area (Å²) in [4.78, 5) is 16.9. The number of fused-ring (bicyclic) bond motifs is 3. The summed E-state index contributed by atoms with van der Waals surface area (Å²) in [7, 11) is 3.65. The maximum atomic E-state index is 12.5. The Balaban J connectivity index is 1.21. The van der Waals surface area contributed by atoms with Gasteiger partial charge in [0.05, 0.1) is 23.1 Å². The molecule has 4 aromatic rings. The molecule has 0 aliphatic carbocycles. The van der Waals surface area contributed by atoms with Crippen LogP contribution >= 0.6 is 0 Å². The molecule has 2 aliphatic heterocycles. The SMILES string of the molecule is Cc1cc(C2N(C)N=C3c4ccccc4C(OCc4ccc(C(=O)Nc5cnn(C)c5)cn4)=NN32)no1. The molecule has 0 fully saturated rings. The van der Waals surface area contributed by atoms with Gasteiger partial charge >= 0.3 is 0 Å². The number of carbonyl (C=O) groups excluding carboxylic acids is 1. The van der Waals surface area contributed by atoms with Gasteiger partial charge in [0.25, 0.3) is 5.91 Å². The van der Waals surface area contributed by atoms with Gasteiger partial charge in [-0.2, -0.15) is 10.2 Å². The highest BCUT2D eigenvalue weighted by Gasteiger charge is 2.40. The Labute approximate surface area is 211 Å². The number of anilines is 1. The normalized spacial score (nSPS) is 16.1. The van der Waals surface area contributed by atoms with Crippen molar-refractivity contribution in [3.05, 3.63) is 94.9 Å². The van der Waals surface area contributed by atoms with Crippen LogP contribution in [-0.2, 0) is 18.4 Å². The van der Waals surface area contributed by atoms with E-state index in [9.17, 15) is 4.79 Å². The molecule has 0 saturated heterocycles. The highest BCUT2D eigenvalue weighted by Crippen LogP contribution is 2.35. The van der Waals surface area contributed by atoms with Gasteiger partial charge in [0.15, 0.2) is 12.0 Å². The van der Waals surface area contributed by atoms with E-state index in [0.29, 0.717) is 40.1 Å². The number of ether oxygens (including phenoxy) is 1. The van der Waals surface area contributed by atoms with E-state index in [0.717, 1.165) is 11.1 Å². The minimum atomic E-state index is -0.366. The maximum Gasteiger partial charge on any atom is 0.257 e. The number of nitrogens with one attached hydrogen (secondary N) is 1. The second-order valence-electron chi connectivity index (χ2n) is 8.71. The monoisotopic (exact) mass is 497 g/mol. The number of aryl methyl sites for hydroxylation is 2. The number of benzene rings is 1. The molecule has 0 radical (unpaired) electrons. The molecule has 5 heterocycles. The molecule has 6 rings (SSSR count). The van der Waals surface area contributed by atoms with E-state index in [4.69, 9.17) is 19.5 Å². The number of aromatic nitrogens is 4. The molecular formula is C25H23N9O3. The summed E-state index contributed by atoms with van der Waals surface area (Å²) in [6, 6.07) is 13.1. The van der Waals surface area contributed by atoms with Crippen LogP contribution < -0.4 is 5.32 Å². The standard InChI is InChI=1S/C25H23N9O3/c1-15-10-21(31-37-15)25-33(3)29-22-19-6-4-5-7-20(19)24(30-34(22)25)36-14-17-9-8-16(11-26-17)23(35)28-18-12-27-32(2)13-18/h4-13,25H,14H2,1-3H3,(H,28,35). The van der Waals surface area contributed by atoms with Crippen LogP contribution in [0.5, 0.6) is 0 Å². The third-order valence-electron chi connectivity index (χ3n) is 5.97. The highest BCUT2D eigenvalue weighted by molar-refractivity contribution is 6.12. The maximum absolute atomic E-state index is 12.5. The van der Waals surface area contributed by atoms with Crippen molar-refractivity contribution in [1.82, 2.24) is 29.9 Å². The van der Waals surface area contributed by atoms with Gasteiger partial charge in [0.1, 0.15) is 18.1 Å². The van der Waals surface area contributed by atoms with Crippen LogP contribution in [0, 0.1) is 6.92 Å². The molecule has 3 aromatic heterocycles. The van der Waals surface area contributed by atoms with Crippen molar-refractivity contribution in [3.8, 4) is 0 Å². The van der Waals surface area contributed by atoms with Gasteiger partial charge in [-0.15, -0.1) is 5.10 Å². The number of hydrogen-bond acceptors (Lipinski definition) is 10. The first-order chi connectivity index (χ1) is 18.0. The van der Waals surface area contributed by atoms with E-state index < -0.39 is 0 Å². The van der Waals surface area contributed by atoms with Crippen LogP contribution in [0.3, 0.4) is 0 Å². The number of hydrazone groups is 2. The van der Waals surface area contributed by atoms with Crippen molar-refractivity contribution in [2.45, 2.75) is 19.7 Å². The Morgan fingerprint density at radius 1 is 1.11 bits per heavy atom. The minimum absolute atomic E-state index is 0.168. The van der Waals surface area contributed by atoms with E-state index in [1.165, 1.54) is 6.20 Å². The minimum Gasteiger partial charge on any atom is -0.470 e. The number of pyridine rings is 1. The molecule has 1 N–H and O–H groups in total. The van der Waals surface area contributed by atoms with Crippen molar-refractivity contribution >= 4 is 23.3 Å². The molecule has 1 atom stereocenters. The Kier molecular flexibility index (Phi) is 5.40. The molecule has 186 valence electrons. The van der Waals surface area contributed by atoms with Crippen LogP contribution in [0.2, 0.25) is 0 Å². The predicted octanol–water partition coefficient (Wildman–Crippen LogP) is 2.86. The van der Waals surface area contributed by atoms with Gasteiger partial charge in [0.2, 0.25) is 5.90 Å². The zero-order valence-corrected chi connectivity index (χ0v) is 20.4. The summed E-state index contributed by atoms with van der Waals surface area (Å²) in [6.07, 6.45) is 4.46. The molecule has 0 bridgehead atoms. The molecule has 1 aromatic carbocycles. The lowest BCUT2D eigenvalue weighted by Crippen LogP contribution is -2.36. The molecule has 0 saturated carbocycles. The lowest BCUT2D eigenvalue weighted by Gasteiger charge is -2.28. The van der Waals surface area contributed by atoms with Crippen molar-refractivity contribution < 1.29 is 14.1 Å². The summed E-state index contributed by atoms with van der Waals surface area (Å²) >= 11 is 0. The Bertz CT molecular complexity index is 1540. The fraction of sp³-hybridized carbons (Fsp3) is 0.200. The summed E-state index contributed by atoms with van der Waals surface area (Å²) in [5, 5.41) is 24.1. The fourth-order valence-electron chi connectivity index (χ4n) is 4.23. The van der Waals surface area contributed by atoms with Crippen LogP contribution in [0.15, 0.2) is 75.8 Å². The lowest BCUT2D eigenvalue weighted by atomic mass is 10.0. The predicted molar refractivity (Wildman–Crippen MR) is 133 cm³/mol. The van der Waals surface area contributed by atoms with Crippen molar-refractivity contribution in [1.29, 1.82) is 0 Å². The van der Waals surface area contributed by atoms with Gasteiger partial charge in [-0.3, -0.25) is 19.5 Å². The molecule has 1 unspecified atom stereocenters. The summed E-state index contributed by atoms with van der Waals surface area (Å²) in [5.41, 5.74) is 4.12. The topological polar surface area (TPSA) is 126 Å². The van der Waals surface area contributed by atoms with E-state index in [2.05, 4.69) is 20.6 Å². The van der Waals surface area contributed by atoms with Crippen LogP contribution in [0.25, 0.3) is 0 Å². The quantitative estimate of drug-likeness (QED) is 0.446. The zero-order chi connectivity index (χ0) is 25.5. The number of nitrogens with zero attached hydrogens (tertiary/aromatic N) is 8. The van der Waals surface area contributed by atoms with Crippen molar-refractivity contribution in [3.63, 3.8) is 0 Å². The molecule has 12 heteroatoms. The van der Waals surface area contributed by atoms with Crippen LogP contribution in [0.1, 0.15) is 44.8 Å². The van der Waals surface area contributed by atoms with Gasteiger partial charge < -0.3 is 14.6 Å². The van der Waals surface area contributed by atoms with Crippen molar-refractivity contribution in [2.75, 3.05) is 12.4 Å². The third-order valence-corrected chi connectivity index (χ3v) is 5.97.